The molecule has 0 saturated carbocycles. The number of hydrogen-bond acceptors (Lipinski definition) is 0. The molecule has 0 bridgehead atoms. The fraction of sp³-hybridized carbons (Fsp3) is 0.333. The van der Waals surface area contributed by atoms with Crippen molar-refractivity contribution in [1.82, 2.24) is 0 Å². The lowest BCUT2D eigenvalue weighted by Crippen LogP contribution is -1.86. The molecule has 0 aromatic heterocycles. The SMILES string of the molecule is ClCC1C=CC=C1. The van der Waals surface area contributed by atoms with Gasteiger partial charge >= 0.3 is 0 Å². The zero-order chi connectivity index (χ0) is 5.11. The molecule has 0 spiro atoms. The number of halogens is 1. The van der Waals surface area contributed by atoms with Crippen molar-refractivity contribution < 1.29 is 0 Å². The van der Waals surface area contributed by atoms with E-state index in [9.17, 15) is 0 Å². The lowest BCUT2D eigenvalue weighted by molar-refractivity contribution is 0.969. The van der Waals surface area contributed by atoms with Crippen LogP contribution in [0.1, 0.15) is 0 Å². The average molecular weight is 115 g/mol. The van der Waals surface area contributed by atoms with Crippen molar-refractivity contribution in [3.63, 3.8) is 0 Å². The predicted octanol–water partition coefficient (Wildman–Crippen LogP) is 1.97. The van der Waals surface area contributed by atoms with E-state index in [1.54, 1.807) is 0 Å². The Bertz CT molecular complexity index is 90.7. The Labute approximate surface area is 48.5 Å². The Hall–Kier alpha value is -0.230. The summed E-state index contributed by atoms with van der Waals surface area (Å²) in [6.07, 6.45) is 8.22. The van der Waals surface area contributed by atoms with Gasteiger partial charge in [-0.1, -0.05) is 24.3 Å². The predicted molar refractivity (Wildman–Crippen MR) is 32.5 cm³/mol. The van der Waals surface area contributed by atoms with Gasteiger partial charge < -0.3 is 0 Å². The molecule has 0 unspecified atom stereocenters. The summed E-state index contributed by atoms with van der Waals surface area (Å²) in [6.45, 7) is 0. The van der Waals surface area contributed by atoms with Gasteiger partial charge in [0.2, 0.25) is 0 Å². The minimum absolute atomic E-state index is 0.502. The molecular formula is C6H7Cl. The highest BCUT2D eigenvalue weighted by atomic mass is 35.5. The molecule has 1 aliphatic carbocycles. The smallest absolute Gasteiger partial charge is 0.0321 e. The van der Waals surface area contributed by atoms with Gasteiger partial charge in [-0.15, -0.1) is 11.6 Å². The molecule has 0 saturated heterocycles. The number of alkyl halides is 1. The second-order valence-electron chi connectivity index (χ2n) is 1.59. The van der Waals surface area contributed by atoms with E-state index in [2.05, 4.69) is 12.2 Å². The van der Waals surface area contributed by atoms with Crippen LogP contribution >= 0.6 is 11.6 Å². The monoisotopic (exact) mass is 114 g/mol. The molecule has 0 aliphatic heterocycles. The molecule has 1 aliphatic rings. The van der Waals surface area contributed by atoms with Crippen LogP contribution in [-0.2, 0) is 0 Å². The zero-order valence-electron chi connectivity index (χ0n) is 3.97. The highest BCUT2D eigenvalue weighted by Crippen LogP contribution is 2.08. The highest BCUT2D eigenvalue weighted by Gasteiger charge is 1.97. The van der Waals surface area contributed by atoms with Gasteiger partial charge in [-0.25, -0.2) is 0 Å². The second-order valence-corrected chi connectivity index (χ2v) is 1.90. The molecule has 0 fully saturated rings. The van der Waals surface area contributed by atoms with Crippen LogP contribution in [-0.4, -0.2) is 5.88 Å². The fourth-order valence-electron chi connectivity index (χ4n) is 0.581. The standard InChI is InChI=1S/C6H7Cl/c7-5-6-3-1-2-4-6/h1-4,6H,5H2. The van der Waals surface area contributed by atoms with Gasteiger partial charge in [-0.3, -0.25) is 0 Å². The van der Waals surface area contributed by atoms with Crippen LogP contribution in [0.5, 0.6) is 0 Å². The van der Waals surface area contributed by atoms with Gasteiger partial charge in [0.25, 0.3) is 0 Å². The van der Waals surface area contributed by atoms with E-state index in [0.29, 0.717) is 11.8 Å². The number of allylic oxidation sites excluding steroid dienone is 4. The van der Waals surface area contributed by atoms with Gasteiger partial charge in [0.05, 0.1) is 0 Å². The summed E-state index contributed by atoms with van der Waals surface area (Å²) in [5.41, 5.74) is 0. The lowest BCUT2D eigenvalue weighted by Gasteiger charge is -1.91. The first-order valence-corrected chi connectivity index (χ1v) is 2.88. The van der Waals surface area contributed by atoms with Gasteiger partial charge in [0, 0.05) is 11.8 Å². The van der Waals surface area contributed by atoms with Crippen molar-refractivity contribution in [2.75, 3.05) is 5.88 Å². The third-order valence-corrected chi connectivity index (χ3v) is 1.36. The Morgan fingerprint density at radius 2 is 1.86 bits per heavy atom. The van der Waals surface area contributed by atoms with Crippen molar-refractivity contribution in [2.24, 2.45) is 5.92 Å². The highest BCUT2D eigenvalue weighted by molar-refractivity contribution is 6.18. The summed E-state index contributed by atoms with van der Waals surface area (Å²) < 4.78 is 0. The first-order valence-electron chi connectivity index (χ1n) is 2.34. The summed E-state index contributed by atoms with van der Waals surface area (Å²) in [7, 11) is 0. The molecule has 0 radical (unpaired) electrons. The van der Waals surface area contributed by atoms with Crippen LogP contribution in [0.3, 0.4) is 0 Å². The molecule has 0 aromatic carbocycles. The average Bonchev–Trinajstić information content (AvgIpc) is 2.14. The fourth-order valence-corrected chi connectivity index (χ4v) is 0.786. The first-order chi connectivity index (χ1) is 3.43. The van der Waals surface area contributed by atoms with Gasteiger partial charge in [0.15, 0.2) is 0 Å². The van der Waals surface area contributed by atoms with Crippen LogP contribution in [0.2, 0.25) is 0 Å². The van der Waals surface area contributed by atoms with Crippen molar-refractivity contribution in [3.8, 4) is 0 Å². The molecule has 0 atom stereocenters. The Morgan fingerprint density at radius 3 is 2.14 bits per heavy atom. The Balaban J connectivity index is 2.44. The summed E-state index contributed by atoms with van der Waals surface area (Å²) in [6, 6.07) is 0. The molecule has 0 N–H and O–H groups in total. The summed E-state index contributed by atoms with van der Waals surface area (Å²) in [5.74, 6) is 1.22. The van der Waals surface area contributed by atoms with Crippen LogP contribution in [0.15, 0.2) is 24.3 Å². The molecule has 38 valence electrons. The van der Waals surface area contributed by atoms with Gasteiger partial charge in [0.1, 0.15) is 0 Å². The molecule has 7 heavy (non-hydrogen) atoms. The van der Waals surface area contributed by atoms with E-state index in [1.807, 2.05) is 12.2 Å². The number of rotatable bonds is 1. The third-order valence-electron chi connectivity index (χ3n) is 1.01. The minimum atomic E-state index is 0.502. The van der Waals surface area contributed by atoms with Crippen LogP contribution in [0.4, 0.5) is 0 Å². The van der Waals surface area contributed by atoms with Crippen LogP contribution < -0.4 is 0 Å². The molecular weight excluding hydrogens is 108 g/mol. The van der Waals surface area contributed by atoms with Crippen molar-refractivity contribution >= 4 is 11.6 Å². The quantitative estimate of drug-likeness (QED) is 0.458. The molecule has 0 nitrogen and oxygen atoms in total. The van der Waals surface area contributed by atoms with E-state index >= 15 is 0 Å². The van der Waals surface area contributed by atoms with Crippen molar-refractivity contribution in [3.05, 3.63) is 24.3 Å². The summed E-state index contributed by atoms with van der Waals surface area (Å²) in [4.78, 5) is 0. The second kappa shape index (κ2) is 2.17. The molecule has 1 rings (SSSR count). The van der Waals surface area contributed by atoms with Gasteiger partial charge in [-0.2, -0.15) is 0 Å². The first kappa shape index (κ1) is 4.92. The maximum atomic E-state index is 5.51. The topological polar surface area (TPSA) is 0 Å². The maximum Gasteiger partial charge on any atom is 0.0321 e. The van der Waals surface area contributed by atoms with E-state index in [0.717, 1.165) is 0 Å². The van der Waals surface area contributed by atoms with Crippen LogP contribution in [0, 0.1) is 5.92 Å². The van der Waals surface area contributed by atoms with Crippen LogP contribution in [0.25, 0.3) is 0 Å². The largest absolute Gasteiger partial charge is 0.126 e. The van der Waals surface area contributed by atoms with E-state index in [1.165, 1.54) is 0 Å². The van der Waals surface area contributed by atoms with E-state index < -0.39 is 0 Å². The normalized spacial score (nSPS) is 19.0. The van der Waals surface area contributed by atoms with Gasteiger partial charge in [-0.05, 0) is 0 Å². The maximum absolute atomic E-state index is 5.51. The Morgan fingerprint density at radius 1 is 1.29 bits per heavy atom. The van der Waals surface area contributed by atoms with Crippen molar-refractivity contribution in [2.45, 2.75) is 0 Å². The molecule has 0 amide bonds. The minimum Gasteiger partial charge on any atom is -0.126 e. The Kier molecular flexibility index (Phi) is 1.53. The molecule has 0 heterocycles. The summed E-state index contributed by atoms with van der Waals surface area (Å²) >= 11 is 5.51. The van der Waals surface area contributed by atoms with Crippen molar-refractivity contribution in [1.29, 1.82) is 0 Å². The molecule has 0 aromatic rings. The lowest BCUT2D eigenvalue weighted by atomic mass is 10.2. The zero-order valence-corrected chi connectivity index (χ0v) is 4.73. The van der Waals surface area contributed by atoms with E-state index in [-0.39, 0.29) is 0 Å². The molecule has 1 heteroatoms. The van der Waals surface area contributed by atoms with E-state index in [4.69, 9.17) is 11.6 Å². The third kappa shape index (κ3) is 1.07. The summed E-state index contributed by atoms with van der Waals surface area (Å²) in [5, 5.41) is 0. The number of hydrogen-bond donors (Lipinski definition) is 0.